The van der Waals surface area contributed by atoms with Gasteiger partial charge in [-0.05, 0) is 25.1 Å². The van der Waals surface area contributed by atoms with Crippen molar-refractivity contribution in [3.63, 3.8) is 0 Å². The predicted octanol–water partition coefficient (Wildman–Crippen LogP) is 4.32. The average Bonchev–Trinajstić information content (AvgIpc) is 3.23. The lowest BCUT2D eigenvalue weighted by molar-refractivity contribution is -0.112. The average molecular weight is 395 g/mol. The number of carbonyl (C=O) groups is 2. The number of aromatic amines is 1. The number of rotatable bonds is 5. The van der Waals surface area contributed by atoms with Gasteiger partial charge in [0.25, 0.3) is 0 Å². The van der Waals surface area contributed by atoms with Crippen LogP contribution < -0.4 is 4.74 Å². The second-order valence-corrected chi connectivity index (χ2v) is 6.66. The summed E-state index contributed by atoms with van der Waals surface area (Å²) in [5.41, 5.74) is 2.30. The molecule has 1 atom stereocenters. The largest absolute Gasteiger partial charge is 0.460 e. The lowest BCUT2D eigenvalue weighted by atomic mass is 10.1. The minimum atomic E-state index is -0.651. The standard InChI is InChI=1S/C22H18FNO5/c1-13(25)15-9-19(24-10-15)21(26)27-11-16-7-18(23)8-17-12-28-22(29-20(16)17)14-5-3-2-4-6-14/h2-10,22,24H,11-12H2,1H3/t22-/m1/s1. The van der Waals surface area contributed by atoms with Crippen molar-refractivity contribution >= 4 is 11.8 Å². The van der Waals surface area contributed by atoms with Gasteiger partial charge in [-0.25, -0.2) is 9.18 Å². The molecule has 0 aliphatic carbocycles. The smallest absolute Gasteiger partial charge is 0.355 e. The number of hydrogen-bond donors (Lipinski definition) is 1. The first-order valence-electron chi connectivity index (χ1n) is 9.02. The molecular weight excluding hydrogens is 377 g/mol. The van der Waals surface area contributed by atoms with Crippen LogP contribution in [0.5, 0.6) is 5.75 Å². The Hall–Kier alpha value is -3.45. The number of esters is 1. The van der Waals surface area contributed by atoms with Crippen LogP contribution >= 0.6 is 0 Å². The van der Waals surface area contributed by atoms with Gasteiger partial charge >= 0.3 is 5.97 Å². The quantitative estimate of drug-likeness (QED) is 0.514. The molecular formula is C22H18FNO5. The van der Waals surface area contributed by atoms with Crippen molar-refractivity contribution in [3.05, 3.63) is 88.5 Å². The molecule has 148 valence electrons. The van der Waals surface area contributed by atoms with Crippen LogP contribution in [0.4, 0.5) is 4.39 Å². The molecule has 6 nitrogen and oxygen atoms in total. The summed E-state index contributed by atoms with van der Waals surface area (Å²) in [6.07, 6.45) is 0.804. The molecule has 3 aromatic rings. The van der Waals surface area contributed by atoms with Crippen LogP contribution in [0.2, 0.25) is 0 Å². The van der Waals surface area contributed by atoms with E-state index in [0.717, 1.165) is 5.56 Å². The molecule has 0 amide bonds. The molecule has 4 rings (SSSR count). The molecule has 1 aromatic heterocycles. The van der Waals surface area contributed by atoms with Gasteiger partial charge in [-0.1, -0.05) is 30.3 Å². The molecule has 0 saturated carbocycles. The van der Waals surface area contributed by atoms with Gasteiger partial charge in [-0.2, -0.15) is 0 Å². The maximum absolute atomic E-state index is 14.0. The zero-order valence-corrected chi connectivity index (χ0v) is 15.6. The van der Waals surface area contributed by atoms with Gasteiger partial charge in [0.2, 0.25) is 6.29 Å². The van der Waals surface area contributed by atoms with Crippen LogP contribution in [0.25, 0.3) is 0 Å². The Labute approximate surface area is 166 Å². The number of ketones is 1. The van der Waals surface area contributed by atoms with Gasteiger partial charge in [0.15, 0.2) is 5.78 Å². The highest BCUT2D eigenvalue weighted by atomic mass is 19.1. The van der Waals surface area contributed by atoms with Crippen LogP contribution in [0, 0.1) is 5.82 Å². The number of H-pyrrole nitrogens is 1. The molecule has 1 aliphatic heterocycles. The number of nitrogens with one attached hydrogen (secondary N) is 1. The van der Waals surface area contributed by atoms with Gasteiger partial charge in [0.05, 0.1) is 6.61 Å². The Kier molecular flexibility index (Phi) is 5.14. The van der Waals surface area contributed by atoms with Crippen molar-refractivity contribution in [3.8, 4) is 5.75 Å². The van der Waals surface area contributed by atoms with Gasteiger partial charge in [0, 0.05) is 28.5 Å². The topological polar surface area (TPSA) is 77.6 Å². The predicted molar refractivity (Wildman–Crippen MR) is 101 cm³/mol. The number of aromatic nitrogens is 1. The number of ether oxygens (including phenoxy) is 3. The Balaban J connectivity index is 1.53. The molecule has 1 aliphatic rings. The number of Topliss-reactive ketones (excluding diaryl/α,β-unsaturated/α-hetero) is 1. The van der Waals surface area contributed by atoms with Crippen LogP contribution in [0.15, 0.2) is 54.7 Å². The van der Waals surface area contributed by atoms with Crippen LogP contribution in [0.1, 0.15) is 50.8 Å². The molecule has 1 N–H and O–H groups in total. The molecule has 0 bridgehead atoms. The molecule has 0 saturated heterocycles. The highest BCUT2D eigenvalue weighted by Gasteiger charge is 2.26. The Morgan fingerprint density at radius 2 is 2.00 bits per heavy atom. The minimum absolute atomic E-state index is 0.145. The fraction of sp³-hybridized carbons (Fsp3) is 0.182. The van der Waals surface area contributed by atoms with Gasteiger partial charge < -0.3 is 19.2 Å². The Bertz CT molecular complexity index is 1060. The van der Waals surface area contributed by atoms with E-state index in [0.29, 0.717) is 22.4 Å². The van der Waals surface area contributed by atoms with Gasteiger partial charge in [0.1, 0.15) is 23.9 Å². The fourth-order valence-electron chi connectivity index (χ4n) is 3.10. The van der Waals surface area contributed by atoms with Crippen LogP contribution in [-0.4, -0.2) is 16.7 Å². The highest BCUT2D eigenvalue weighted by molar-refractivity contribution is 5.97. The van der Waals surface area contributed by atoms with Crippen molar-refractivity contribution in [1.29, 1.82) is 0 Å². The maximum Gasteiger partial charge on any atom is 0.355 e. The molecule has 2 aromatic carbocycles. The van der Waals surface area contributed by atoms with E-state index in [4.69, 9.17) is 14.2 Å². The normalized spacial score (nSPS) is 15.3. The lowest BCUT2D eigenvalue weighted by Crippen LogP contribution is -2.20. The third-order valence-electron chi connectivity index (χ3n) is 4.56. The van der Waals surface area contributed by atoms with Crippen molar-refractivity contribution < 1.29 is 28.2 Å². The third-order valence-corrected chi connectivity index (χ3v) is 4.56. The number of fused-ring (bicyclic) bond motifs is 1. The summed E-state index contributed by atoms with van der Waals surface area (Å²) < 4.78 is 31.0. The number of hydrogen-bond acceptors (Lipinski definition) is 5. The third kappa shape index (κ3) is 4.05. The zero-order chi connectivity index (χ0) is 20.4. The van der Waals surface area contributed by atoms with E-state index < -0.39 is 18.1 Å². The van der Waals surface area contributed by atoms with E-state index in [-0.39, 0.29) is 24.7 Å². The van der Waals surface area contributed by atoms with Crippen molar-refractivity contribution in [1.82, 2.24) is 4.98 Å². The first-order chi connectivity index (χ1) is 14.0. The van der Waals surface area contributed by atoms with E-state index in [1.807, 2.05) is 30.3 Å². The monoisotopic (exact) mass is 395 g/mol. The van der Waals surface area contributed by atoms with Crippen molar-refractivity contribution in [2.45, 2.75) is 26.4 Å². The summed E-state index contributed by atoms with van der Waals surface area (Å²) in [5.74, 6) is -0.851. The summed E-state index contributed by atoms with van der Waals surface area (Å²) in [6, 6.07) is 13.4. The number of carbonyl (C=O) groups excluding carboxylic acids is 2. The minimum Gasteiger partial charge on any atom is -0.460 e. The maximum atomic E-state index is 14.0. The van der Waals surface area contributed by atoms with Gasteiger partial charge in [-0.15, -0.1) is 0 Å². The molecule has 0 unspecified atom stereocenters. The van der Waals surface area contributed by atoms with Crippen LogP contribution in [-0.2, 0) is 22.7 Å². The van der Waals surface area contributed by atoms with Crippen molar-refractivity contribution in [2.24, 2.45) is 0 Å². The van der Waals surface area contributed by atoms with E-state index in [1.54, 1.807) is 0 Å². The fourth-order valence-corrected chi connectivity index (χ4v) is 3.10. The second kappa shape index (κ2) is 7.89. The summed E-state index contributed by atoms with van der Waals surface area (Å²) in [5, 5.41) is 0. The zero-order valence-electron chi connectivity index (χ0n) is 15.6. The van der Waals surface area contributed by atoms with E-state index >= 15 is 0 Å². The SMILES string of the molecule is CC(=O)c1c[nH]c(C(=O)OCc2cc(F)cc3c2O[C@H](c2ccccc2)OC3)c1. The number of benzene rings is 2. The van der Waals surface area contributed by atoms with E-state index in [9.17, 15) is 14.0 Å². The molecule has 0 spiro atoms. The summed E-state index contributed by atoms with van der Waals surface area (Å²) in [6.45, 7) is 1.39. The van der Waals surface area contributed by atoms with Gasteiger partial charge in [-0.3, -0.25) is 4.79 Å². The number of halogens is 1. The molecule has 0 fully saturated rings. The first kappa shape index (κ1) is 18.9. The molecule has 0 radical (unpaired) electrons. The summed E-state index contributed by atoms with van der Waals surface area (Å²) in [7, 11) is 0. The summed E-state index contributed by atoms with van der Waals surface area (Å²) in [4.78, 5) is 26.3. The second-order valence-electron chi connectivity index (χ2n) is 6.66. The molecule has 7 heteroatoms. The Morgan fingerprint density at radius 3 is 2.72 bits per heavy atom. The van der Waals surface area contributed by atoms with E-state index in [2.05, 4.69) is 4.98 Å². The van der Waals surface area contributed by atoms with Crippen molar-refractivity contribution in [2.75, 3.05) is 0 Å². The first-order valence-corrected chi connectivity index (χ1v) is 9.02. The lowest BCUT2D eigenvalue weighted by Gasteiger charge is -2.28. The molecule has 29 heavy (non-hydrogen) atoms. The van der Waals surface area contributed by atoms with Crippen LogP contribution in [0.3, 0.4) is 0 Å². The van der Waals surface area contributed by atoms with E-state index in [1.165, 1.54) is 31.3 Å². The highest BCUT2D eigenvalue weighted by Crippen LogP contribution is 2.36. The Morgan fingerprint density at radius 1 is 1.21 bits per heavy atom. The molecule has 2 heterocycles. The summed E-state index contributed by atoms with van der Waals surface area (Å²) >= 11 is 0.